The van der Waals surface area contributed by atoms with Gasteiger partial charge in [-0.05, 0) is 47.0 Å². The van der Waals surface area contributed by atoms with E-state index in [9.17, 15) is 13.2 Å². The fraction of sp³-hybridized carbons (Fsp3) is 0.294. The smallest absolute Gasteiger partial charge is 0.367 e. The van der Waals surface area contributed by atoms with Crippen LogP contribution >= 0.6 is 15.9 Å². The molecule has 3 aromatic rings. The summed E-state index contributed by atoms with van der Waals surface area (Å²) in [5, 5.41) is 2.73. The molecular weight excluding hydrogens is 397 g/mol. The van der Waals surface area contributed by atoms with Crippen molar-refractivity contribution in [3.63, 3.8) is 0 Å². The van der Waals surface area contributed by atoms with E-state index < -0.39 is 12.6 Å². The highest BCUT2D eigenvalue weighted by Gasteiger charge is 2.26. The first-order valence-electron chi connectivity index (χ1n) is 7.66. The number of benzene rings is 1. The van der Waals surface area contributed by atoms with Crippen molar-refractivity contribution >= 4 is 27.4 Å². The van der Waals surface area contributed by atoms with Gasteiger partial charge < -0.3 is 5.32 Å². The molecule has 0 saturated carbocycles. The molecule has 0 spiro atoms. The number of hydrogen-bond acceptors (Lipinski definition) is 3. The lowest BCUT2D eigenvalue weighted by atomic mass is 10.0. The van der Waals surface area contributed by atoms with Crippen LogP contribution in [0.2, 0.25) is 0 Å². The summed E-state index contributed by atoms with van der Waals surface area (Å²) in [7, 11) is 0. The molecule has 4 nitrogen and oxygen atoms in total. The van der Waals surface area contributed by atoms with Crippen molar-refractivity contribution in [3.05, 3.63) is 46.3 Å². The second-order valence-electron chi connectivity index (χ2n) is 5.84. The van der Waals surface area contributed by atoms with Crippen LogP contribution < -0.4 is 5.32 Å². The van der Waals surface area contributed by atoms with Gasteiger partial charge in [0, 0.05) is 18.3 Å². The average molecular weight is 413 g/mol. The van der Waals surface area contributed by atoms with Gasteiger partial charge in [-0.25, -0.2) is 9.97 Å². The molecular formula is C17H16BrF3N4. The Bertz CT molecular complexity index is 918. The van der Waals surface area contributed by atoms with Crippen LogP contribution in [0.25, 0.3) is 16.9 Å². The number of imidazole rings is 1. The Labute approximate surface area is 151 Å². The van der Waals surface area contributed by atoms with Crippen molar-refractivity contribution in [2.45, 2.75) is 26.4 Å². The number of nitrogens with one attached hydrogen (secondary N) is 1. The van der Waals surface area contributed by atoms with E-state index >= 15 is 0 Å². The lowest BCUT2D eigenvalue weighted by Gasteiger charge is -2.11. The number of aryl methyl sites for hydroxylation is 2. The molecule has 8 heteroatoms. The molecule has 1 aromatic carbocycles. The minimum absolute atomic E-state index is 0.256. The van der Waals surface area contributed by atoms with E-state index in [1.54, 1.807) is 12.4 Å². The van der Waals surface area contributed by atoms with Crippen molar-refractivity contribution < 1.29 is 13.2 Å². The van der Waals surface area contributed by atoms with Crippen LogP contribution in [0.4, 0.5) is 19.0 Å². The van der Waals surface area contributed by atoms with E-state index in [0.29, 0.717) is 16.1 Å². The zero-order valence-corrected chi connectivity index (χ0v) is 15.2. The topological polar surface area (TPSA) is 42.2 Å². The summed E-state index contributed by atoms with van der Waals surface area (Å²) >= 11 is 3.31. The van der Waals surface area contributed by atoms with E-state index in [4.69, 9.17) is 0 Å². The predicted molar refractivity (Wildman–Crippen MR) is 94.8 cm³/mol. The van der Waals surface area contributed by atoms with Crippen LogP contribution in [0.3, 0.4) is 0 Å². The van der Waals surface area contributed by atoms with Crippen molar-refractivity contribution in [2.24, 2.45) is 0 Å². The van der Waals surface area contributed by atoms with Gasteiger partial charge in [-0.1, -0.05) is 12.1 Å². The molecule has 132 valence electrons. The molecule has 0 bridgehead atoms. The molecule has 2 aromatic heterocycles. The average Bonchev–Trinajstić information content (AvgIpc) is 2.92. The van der Waals surface area contributed by atoms with Gasteiger partial charge in [0.2, 0.25) is 0 Å². The third-order valence-corrected chi connectivity index (χ3v) is 4.35. The zero-order chi connectivity index (χ0) is 18.2. The van der Waals surface area contributed by atoms with Gasteiger partial charge in [0.05, 0.1) is 18.3 Å². The Balaban J connectivity index is 1.99. The van der Waals surface area contributed by atoms with Crippen molar-refractivity contribution in [1.82, 2.24) is 14.4 Å². The summed E-state index contributed by atoms with van der Waals surface area (Å²) in [5.74, 6) is 0.314. The summed E-state index contributed by atoms with van der Waals surface area (Å²) in [5.41, 5.74) is 4.66. The highest BCUT2D eigenvalue weighted by Crippen LogP contribution is 2.27. The number of aromatic nitrogens is 3. The molecule has 0 atom stereocenters. The Morgan fingerprint density at radius 1 is 1.20 bits per heavy atom. The molecule has 0 amide bonds. The number of nitrogens with zero attached hydrogens (tertiary/aromatic N) is 3. The highest BCUT2D eigenvalue weighted by molar-refractivity contribution is 9.10. The third-order valence-electron chi connectivity index (χ3n) is 3.97. The Hall–Kier alpha value is -2.09. The summed E-state index contributed by atoms with van der Waals surface area (Å²) in [6.45, 7) is 3.81. The van der Waals surface area contributed by atoms with Crippen molar-refractivity contribution in [2.75, 3.05) is 11.9 Å². The standard InChI is InChI=1S/C17H16BrF3N4/c1-10-3-4-12(7-11(10)2)13-8-23-16-15(22-6-5-17(19,20)21)24-14(18)9-25(13)16/h3-4,7-9H,5-6H2,1-2H3,(H,22,24). The summed E-state index contributed by atoms with van der Waals surface area (Å²) in [4.78, 5) is 8.55. The second kappa shape index (κ2) is 6.67. The van der Waals surface area contributed by atoms with E-state index in [-0.39, 0.29) is 6.54 Å². The minimum Gasteiger partial charge on any atom is -0.367 e. The second-order valence-corrected chi connectivity index (χ2v) is 6.65. The van der Waals surface area contributed by atoms with Gasteiger partial charge in [0.25, 0.3) is 0 Å². The predicted octanol–water partition coefficient (Wildman–Crippen LogP) is 5.14. The van der Waals surface area contributed by atoms with Crippen molar-refractivity contribution in [3.8, 4) is 11.3 Å². The van der Waals surface area contributed by atoms with E-state index in [2.05, 4.69) is 37.3 Å². The van der Waals surface area contributed by atoms with E-state index in [0.717, 1.165) is 16.8 Å². The Morgan fingerprint density at radius 3 is 2.64 bits per heavy atom. The molecule has 0 radical (unpaired) electrons. The molecule has 0 fully saturated rings. The normalized spacial score (nSPS) is 11.9. The maximum atomic E-state index is 12.4. The summed E-state index contributed by atoms with van der Waals surface area (Å²) < 4.78 is 39.4. The van der Waals surface area contributed by atoms with Crippen LogP contribution in [0, 0.1) is 13.8 Å². The number of halogens is 4. The monoisotopic (exact) mass is 412 g/mol. The maximum Gasteiger partial charge on any atom is 0.390 e. The molecule has 0 aliphatic carbocycles. The Kier molecular flexibility index (Phi) is 4.73. The van der Waals surface area contributed by atoms with Gasteiger partial charge in [0.15, 0.2) is 11.5 Å². The Morgan fingerprint density at radius 2 is 1.96 bits per heavy atom. The van der Waals surface area contributed by atoms with Gasteiger partial charge >= 0.3 is 6.18 Å². The van der Waals surface area contributed by atoms with Crippen LogP contribution in [0.15, 0.2) is 35.2 Å². The fourth-order valence-electron chi connectivity index (χ4n) is 2.51. The van der Waals surface area contributed by atoms with E-state index in [1.165, 1.54) is 5.56 Å². The molecule has 2 heterocycles. The van der Waals surface area contributed by atoms with Crippen LogP contribution in [-0.2, 0) is 0 Å². The van der Waals surface area contributed by atoms with Gasteiger partial charge in [-0.2, -0.15) is 13.2 Å². The summed E-state index contributed by atoms with van der Waals surface area (Å²) in [6.07, 6.45) is -1.70. The molecule has 0 aliphatic rings. The van der Waals surface area contributed by atoms with Crippen molar-refractivity contribution in [1.29, 1.82) is 0 Å². The first-order chi connectivity index (χ1) is 11.7. The molecule has 0 unspecified atom stereocenters. The van der Waals surface area contributed by atoms with Gasteiger partial charge in [-0.15, -0.1) is 0 Å². The fourth-order valence-corrected chi connectivity index (χ4v) is 2.90. The number of fused-ring (bicyclic) bond motifs is 1. The van der Waals surface area contributed by atoms with Crippen LogP contribution in [-0.4, -0.2) is 27.1 Å². The number of rotatable bonds is 4. The quantitative estimate of drug-likeness (QED) is 0.644. The largest absolute Gasteiger partial charge is 0.390 e. The third kappa shape index (κ3) is 3.95. The van der Waals surface area contributed by atoms with Crippen LogP contribution in [0.5, 0.6) is 0 Å². The number of alkyl halides is 3. The van der Waals surface area contributed by atoms with Gasteiger partial charge in [-0.3, -0.25) is 4.40 Å². The molecule has 25 heavy (non-hydrogen) atoms. The number of anilines is 1. The lowest BCUT2D eigenvalue weighted by molar-refractivity contribution is -0.131. The molecule has 1 N–H and O–H groups in total. The zero-order valence-electron chi connectivity index (χ0n) is 13.7. The SMILES string of the molecule is Cc1ccc(-c2cnc3c(NCCC(F)(F)F)nc(Br)cn23)cc1C. The molecule has 3 rings (SSSR count). The molecule has 0 aliphatic heterocycles. The minimum atomic E-state index is -4.21. The first kappa shape index (κ1) is 17.7. The lowest BCUT2D eigenvalue weighted by Crippen LogP contribution is -2.15. The number of hydrogen-bond donors (Lipinski definition) is 1. The van der Waals surface area contributed by atoms with E-state index in [1.807, 2.05) is 30.4 Å². The molecule has 0 saturated heterocycles. The summed E-state index contributed by atoms with van der Waals surface area (Å²) in [6, 6.07) is 6.09. The maximum absolute atomic E-state index is 12.4. The highest BCUT2D eigenvalue weighted by atomic mass is 79.9. The van der Waals surface area contributed by atoms with Gasteiger partial charge in [0.1, 0.15) is 4.60 Å². The van der Waals surface area contributed by atoms with Crippen LogP contribution in [0.1, 0.15) is 17.5 Å². The first-order valence-corrected chi connectivity index (χ1v) is 8.46.